The maximum absolute atomic E-state index is 13.8. The Balaban J connectivity index is 1.99. The molecule has 3 rings (SSSR count). The summed E-state index contributed by atoms with van der Waals surface area (Å²) < 4.78 is 24.4. The molecule has 152 valence electrons. The van der Waals surface area contributed by atoms with Crippen LogP contribution in [-0.2, 0) is 0 Å². The number of ether oxygens (including phenoxy) is 1. The molecular weight excluding hydrogens is 363 g/mol. The van der Waals surface area contributed by atoms with E-state index in [0.29, 0.717) is 48.3 Å². The molecule has 28 heavy (non-hydrogen) atoms. The number of piperidine rings is 1. The van der Waals surface area contributed by atoms with Crippen LogP contribution < -0.4 is 15.4 Å². The summed E-state index contributed by atoms with van der Waals surface area (Å²) in [7, 11) is 5.00. The first-order valence-corrected chi connectivity index (χ1v) is 9.46. The van der Waals surface area contributed by atoms with Crippen LogP contribution in [0.2, 0.25) is 0 Å². The number of benzene rings is 1. The van der Waals surface area contributed by atoms with Gasteiger partial charge in [0.25, 0.3) is 5.91 Å². The number of methoxy groups -OCH3 is 1. The van der Waals surface area contributed by atoms with E-state index in [1.807, 2.05) is 4.90 Å². The van der Waals surface area contributed by atoms with E-state index in [-0.39, 0.29) is 11.7 Å². The first-order chi connectivity index (χ1) is 13.5. The summed E-state index contributed by atoms with van der Waals surface area (Å²) in [6, 6.07) is 4.36. The number of likely N-dealkylation sites (tertiary alicyclic amines) is 1. The summed E-state index contributed by atoms with van der Waals surface area (Å²) in [5, 5.41) is 4.09. The summed E-state index contributed by atoms with van der Waals surface area (Å²) in [4.78, 5) is 17.0. The minimum atomic E-state index is -0.480. The Hall–Kier alpha value is -2.61. The fraction of sp³-hybridized carbons (Fsp3) is 0.500. The van der Waals surface area contributed by atoms with E-state index < -0.39 is 5.82 Å². The number of hydrogen-bond acceptors (Lipinski definition) is 6. The van der Waals surface area contributed by atoms with Crippen LogP contribution >= 0.6 is 0 Å². The molecule has 1 aliphatic heterocycles. The quantitative estimate of drug-likeness (QED) is 0.816. The first-order valence-electron chi connectivity index (χ1n) is 9.46. The van der Waals surface area contributed by atoms with Crippen molar-refractivity contribution >= 4 is 11.7 Å². The molecule has 1 fully saturated rings. The number of carbonyl (C=O) groups excluding carboxylic acids is 1. The van der Waals surface area contributed by atoms with Gasteiger partial charge in [0, 0.05) is 32.7 Å². The number of aromatic nitrogens is 1. The molecule has 1 saturated heterocycles. The molecule has 0 saturated carbocycles. The molecule has 1 atom stereocenters. The molecule has 2 aromatic rings. The van der Waals surface area contributed by atoms with Gasteiger partial charge in [0.15, 0.2) is 23.1 Å². The van der Waals surface area contributed by atoms with Crippen molar-refractivity contribution in [3.05, 3.63) is 29.6 Å². The third-order valence-electron chi connectivity index (χ3n) is 5.11. The molecule has 0 spiro atoms. The van der Waals surface area contributed by atoms with Crippen LogP contribution in [0.4, 0.5) is 10.2 Å². The van der Waals surface area contributed by atoms with Crippen LogP contribution in [0.1, 0.15) is 29.6 Å². The van der Waals surface area contributed by atoms with Gasteiger partial charge in [-0.15, -0.1) is 0 Å². The van der Waals surface area contributed by atoms with E-state index in [9.17, 15) is 9.18 Å². The highest BCUT2D eigenvalue weighted by Gasteiger charge is 2.32. The Morgan fingerprint density at radius 2 is 2.25 bits per heavy atom. The van der Waals surface area contributed by atoms with Gasteiger partial charge in [0.2, 0.25) is 0 Å². The average molecular weight is 390 g/mol. The predicted molar refractivity (Wildman–Crippen MR) is 105 cm³/mol. The van der Waals surface area contributed by atoms with E-state index in [1.165, 1.54) is 19.2 Å². The van der Waals surface area contributed by atoms with Gasteiger partial charge in [0.05, 0.1) is 7.11 Å². The summed E-state index contributed by atoms with van der Waals surface area (Å²) in [6.07, 6.45) is 2.92. The highest BCUT2D eigenvalue weighted by atomic mass is 19.1. The molecule has 7 nitrogen and oxygen atoms in total. The molecule has 0 aliphatic carbocycles. The fourth-order valence-corrected chi connectivity index (χ4v) is 3.66. The second-order valence-corrected chi connectivity index (χ2v) is 7.29. The first kappa shape index (κ1) is 20.1. The second-order valence-electron chi connectivity index (χ2n) is 7.29. The van der Waals surface area contributed by atoms with Gasteiger partial charge in [0.1, 0.15) is 5.56 Å². The van der Waals surface area contributed by atoms with Crippen molar-refractivity contribution in [2.24, 2.45) is 11.7 Å². The van der Waals surface area contributed by atoms with Crippen molar-refractivity contribution in [1.29, 1.82) is 0 Å². The lowest BCUT2D eigenvalue weighted by molar-refractivity contribution is 0.0670. The third-order valence-corrected chi connectivity index (χ3v) is 5.11. The Morgan fingerprint density at radius 1 is 1.46 bits per heavy atom. The number of anilines is 1. The molecule has 0 bridgehead atoms. The van der Waals surface area contributed by atoms with Crippen LogP contribution in [0, 0.1) is 11.7 Å². The van der Waals surface area contributed by atoms with Gasteiger partial charge in [-0.1, -0.05) is 5.16 Å². The average Bonchev–Trinajstić information content (AvgIpc) is 3.13. The Bertz CT molecular complexity index is 835. The summed E-state index contributed by atoms with van der Waals surface area (Å²) >= 11 is 0. The van der Waals surface area contributed by atoms with Gasteiger partial charge in [-0.2, -0.15) is 0 Å². The molecule has 1 aromatic heterocycles. The lowest BCUT2D eigenvalue weighted by atomic mass is 9.94. The van der Waals surface area contributed by atoms with Gasteiger partial charge in [-0.25, -0.2) is 4.39 Å². The minimum absolute atomic E-state index is 0.0830. The van der Waals surface area contributed by atoms with Gasteiger partial charge < -0.3 is 24.8 Å². The zero-order chi connectivity index (χ0) is 20.3. The van der Waals surface area contributed by atoms with E-state index in [4.69, 9.17) is 15.0 Å². The number of amides is 1. The molecule has 1 unspecified atom stereocenters. The summed E-state index contributed by atoms with van der Waals surface area (Å²) in [5.74, 6) is 0.633. The van der Waals surface area contributed by atoms with Crippen molar-refractivity contribution in [2.45, 2.75) is 19.3 Å². The SMILES string of the molecule is COc1cc(-c2onc(N(C)C)c2C(=O)N2CCCC(CCN)C2)ccc1F. The Morgan fingerprint density at radius 3 is 2.93 bits per heavy atom. The second kappa shape index (κ2) is 8.60. The van der Waals surface area contributed by atoms with Crippen LogP contribution in [0.15, 0.2) is 22.7 Å². The summed E-state index contributed by atoms with van der Waals surface area (Å²) in [6.45, 7) is 1.97. The van der Waals surface area contributed by atoms with E-state index in [2.05, 4.69) is 5.16 Å². The zero-order valence-electron chi connectivity index (χ0n) is 16.6. The maximum Gasteiger partial charge on any atom is 0.261 e. The number of rotatable bonds is 6. The largest absolute Gasteiger partial charge is 0.494 e. The van der Waals surface area contributed by atoms with Crippen molar-refractivity contribution in [3.8, 4) is 17.1 Å². The highest BCUT2D eigenvalue weighted by Crippen LogP contribution is 2.35. The lowest BCUT2D eigenvalue weighted by Crippen LogP contribution is -2.41. The lowest BCUT2D eigenvalue weighted by Gasteiger charge is -2.33. The number of halogens is 1. The van der Waals surface area contributed by atoms with E-state index >= 15 is 0 Å². The zero-order valence-corrected chi connectivity index (χ0v) is 16.6. The van der Waals surface area contributed by atoms with Gasteiger partial charge in [-0.3, -0.25) is 4.79 Å². The fourth-order valence-electron chi connectivity index (χ4n) is 3.66. The highest BCUT2D eigenvalue weighted by molar-refractivity contribution is 6.04. The summed E-state index contributed by atoms with van der Waals surface area (Å²) in [5.41, 5.74) is 6.62. The normalized spacial score (nSPS) is 16.9. The molecule has 2 heterocycles. The standard InChI is InChI=1S/C20H27FN4O3/c1-24(2)19-17(20(26)25-10-4-5-13(12-25)8-9-22)18(28-23-19)14-6-7-15(21)16(11-14)27-3/h6-7,11,13H,4-5,8-10,12,22H2,1-3H3. The van der Waals surface area contributed by atoms with Crippen LogP contribution in [0.5, 0.6) is 5.75 Å². The molecule has 0 radical (unpaired) electrons. The van der Waals surface area contributed by atoms with E-state index in [1.54, 1.807) is 25.1 Å². The molecule has 1 aliphatic rings. The van der Waals surface area contributed by atoms with Crippen molar-refractivity contribution in [1.82, 2.24) is 10.1 Å². The molecular formula is C20H27FN4O3. The minimum Gasteiger partial charge on any atom is -0.494 e. The van der Waals surface area contributed by atoms with Crippen LogP contribution in [-0.4, -0.2) is 56.8 Å². The molecule has 2 N–H and O–H groups in total. The number of hydrogen-bond donors (Lipinski definition) is 1. The van der Waals surface area contributed by atoms with Crippen molar-refractivity contribution in [3.63, 3.8) is 0 Å². The van der Waals surface area contributed by atoms with Gasteiger partial charge >= 0.3 is 0 Å². The topological polar surface area (TPSA) is 84.8 Å². The molecule has 8 heteroatoms. The molecule has 1 amide bonds. The van der Waals surface area contributed by atoms with E-state index in [0.717, 1.165) is 19.3 Å². The smallest absolute Gasteiger partial charge is 0.261 e. The van der Waals surface area contributed by atoms with Crippen molar-refractivity contribution in [2.75, 3.05) is 45.7 Å². The van der Waals surface area contributed by atoms with Gasteiger partial charge in [-0.05, 0) is 49.9 Å². The predicted octanol–water partition coefficient (Wildman–Crippen LogP) is 2.76. The number of nitrogens with two attached hydrogens (primary N) is 1. The molecule has 1 aromatic carbocycles. The van der Waals surface area contributed by atoms with Crippen molar-refractivity contribution < 1.29 is 18.4 Å². The number of carbonyl (C=O) groups is 1. The number of nitrogens with zero attached hydrogens (tertiary/aromatic N) is 3. The van der Waals surface area contributed by atoms with Crippen LogP contribution in [0.3, 0.4) is 0 Å². The third kappa shape index (κ3) is 3.96. The maximum atomic E-state index is 13.8. The van der Waals surface area contributed by atoms with Crippen LogP contribution in [0.25, 0.3) is 11.3 Å². The Labute approximate surface area is 164 Å². The monoisotopic (exact) mass is 390 g/mol. The Kier molecular flexibility index (Phi) is 6.18.